The Bertz CT molecular complexity index is 1700. The van der Waals surface area contributed by atoms with Gasteiger partial charge in [0, 0.05) is 39.0 Å². The number of hydrogen-bond acceptors (Lipinski definition) is 8. The molecule has 0 bridgehead atoms. The lowest BCUT2D eigenvalue weighted by Crippen LogP contribution is -2.48. The van der Waals surface area contributed by atoms with Gasteiger partial charge in [0.1, 0.15) is 24.2 Å². The number of aromatic nitrogens is 4. The summed E-state index contributed by atoms with van der Waals surface area (Å²) in [4.78, 5) is 64.8. The highest BCUT2D eigenvalue weighted by Gasteiger charge is 2.29. The summed E-state index contributed by atoms with van der Waals surface area (Å²) < 4.78 is 0. The van der Waals surface area contributed by atoms with Crippen molar-refractivity contribution < 1.29 is 29.4 Å². The highest BCUT2D eigenvalue weighted by Crippen LogP contribution is 2.29. The molecule has 0 radical (unpaired) electrons. The van der Waals surface area contributed by atoms with Gasteiger partial charge in [0.2, 0.25) is 0 Å². The largest absolute Gasteiger partial charge is 0.465 e. The van der Waals surface area contributed by atoms with E-state index in [1.54, 1.807) is 26.2 Å². The van der Waals surface area contributed by atoms with Crippen molar-refractivity contribution in [3.8, 4) is 33.6 Å². The van der Waals surface area contributed by atoms with Gasteiger partial charge in [-0.05, 0) is 34.1 Å². The fourth-order valence-corrected chi connectivity index (χ4v) is 6.58. The lowest BCUT2D eigenvalue weighted by Gasteiger charge is -2.31. The van der Waals surface area contributed by atoms with Gasteiger partial charge in [-0.3, -0.25) is 0 Å². The zero-order valence-electron chi connectivity index (χ0n) is 32.3. The van der Waals surface area contributed by atoms with Crippen LogP contribution in [0, 0.1) is 23.7 Å². The van der Waals surface area contributed by atoms with E-state index < -0.39 is 36.1 Å². The SMILES string of the molecule is CC(C)[C@@H](NC[C@@H](C(C)C=O)N(C)C(=O)O)c1ncc(-c2ccc(-c3ccc(-c4cnc([C@H](NC[C@@H](C(C)C=O)N(C)C(=O)O)C(C)C)[nH]4)cc3)cc2)[nH]1. The van der Waals surface area contributed by atoms with Crippen LogP contribution in [0.15, 0.2) is 60.9 Å². The summed E-state index contributed by atoms with van der Waals surface area (Å²) in [6.07, 6.45) is 2.97. The molecule has 0 aliphatic carbocycles. The molecule has 0 fully saturated rings. The summed E-state index contributed by atoms with van der Waals surface area (Å²) in [5.41, 5.74) is 5.73. The normalized spacial score (nSPS) is 14.9. The highest BCUT2D eigenvalue weighted by molar-refractivity contribution is 5.72. The molecule has 4 aromatic rings. The molecule has 0 aliphatic rings. The summed E-state index contributed by atoms with van der Waals surface area (Å²) in [5.74, 6) is 0.796. The molecule has 0 saturated heterocycles. The van der Waals surface area contributed by atoms with Gasteiger partial charge in [0.05, 0.1) is 47.9 Å². The highest BCUT2D eigenvalue weighted by atomic mass is 16.4. The van der Waals surface area contributed by atoms with Crippen LogP contribution in [0.25, 0.3) is 33.6 Å². The van der Waals surface area contributed by atoms with E-state index in [-0.39, 0.29) is 23.9 Å². The predicted octanol–water partition coefficient (Wildman–Crippen LogP) is 6.33. The third-order valence-corrected chi connectivity index (χ3v) is 10.2. The van der Waals surface area contributed by atoms with Crippen molar-refractivity contribution in [3.63, 3.8) is 0 Å². The van der Waals surface area contributed by atoms with Crippen LogP contribution in [0.1, 0.15) is 65.3 Å². The van der Waals surface area contributed by atoms with Gasteiger partial charge < -0.3 is 50.2 Å². The third-order valence-electron chi connectivity index (χ3n) is 10.2. The Balaban J connectivity index is 1.44. The van der Waals surface area contributed by atoms with Crippen molar-refractivity contribution in [1.29, 1.82) is 0 Å². The minimum absolute atomic E-state index is 0.141. The molecule has 2 unspecified atom stereocenters. The molecule has 0 spiro atoms. The summed E-state index contributed by atoms with van der Waals surface area (Å²) >= 11 is 0. The standard InChI is InChI=1S/C40H54N8O6/c1-23(2)35(41-19-33(25(5)21-49)47(7)39(51)52)37-43-17-31(45-37)29-13-9-27(10-14-29)28-11-15-30(16-12-28)32-18-44-38(46-32)36(24(3)4)42-20-34(26(6)22-50)48(8)40(53)54/h9-18,21-26,33-36,41-42H,19-20H2,1-8H3,(H,43,45)(H,44,46)(H,51,52)(H,53,54)/t25?,26?,33-,34-,35+,36+/m0/s1. The molecule has 290 valence electrons. The van der Waals surface area contributed by atoms with Crippen molar-refractivity contribution in [2.24, 2.45) is 23.7 Å². The van der Waals surface area contributed by atoms with Crippen LogP contribution in [-0.4, -0.2) is 104 Å². The number of carbonyl (C=O) groups is 4. The quantitative estimate of drug-likeness (QED) is 0.0591. The predicted molar refractivity (Wildman–Crippen MR) is 208 cm³/mol. The third kappa shape index (κ3) is 9.99. The molecular weight excluding hydrogens is 688 g/mol. The van der Waals surface area contributed by atoms with Crippen LogP contribution in [0.3, 0.4) is 0 Å². The van der Waals surface area contributed by atoms with Gasteiger partial charge >= 0.3 is 12.2 Å². The Kier molecular flexibility index (Phi) is 14.3. The molecule has 4 rings (SSSR count). The first kappa shape index (κ1) is 41.4. The van der Waals surface area contributed by atoms with Gasteiger partial charge in [0.15, 0.2) is 0 Å². The van der Waals surface area contributed by atoms with Crippen LogP contribution in [0.4, 0.5) is 9.59 Å². The van der Waals surface area contributed by atoms with Crippen molar-refractivity contribution in [3.05, 3.63) is 72.6 Å². The maximum Gasteiger partial charge on any atom is 0.407 e. The van der Waals surface area contributed by atoms with Crippen LogP contribution in [0.5, 0.6) is 0 Å². The molecule has 2 heterocycles. The fourth-order valence-electron chi connectivity index (χ4n) is 6.58. The van der Waals surface area contributed by atoms with Crippen molar-refractivity contribution >= 4 is 24.8 Å². The minimum Gasteiger partial charge on any atom is -0.465 e. The fraction of sp³-hybridized carbons (Fsp3) is 0.450. The second kappa shape index (κ2) is 18.6. The van der Waals surface area contributed by atoms with Crippen molar-refractivity contribution in [1.82, 2.24) is 40.4 Å². The average molecular weight is 743 g/mol. The number of amides is 2. The van der Waals surface area contributed by atoms with Crippen molar-refractivity contribution in [2.75, 3.05) is 27.2 Å². The molecule has 6 N–H and O–H groups in total. The molecular formula is C40H54N8O6. The van der Waals surface area contributed by atoms with Gasteiger partial charge in [-0.1, -0.05) is 90.1 Å². The topological polar surface area (TPSA) is 197 Å². The number of nitrogens with one attached hydrogen (secondary N) is 4. The van der Waals surface area contributed by atoms with E-state index in [4.69, 9.17) is 0 Å². The number of aromatic amines is 2. The molecule has 0 aliphatic heterocycles. The smallest absolute Gasteiger partial charge is 0.407 e. The summed E-state index contributed by atoms with van der Waals surface area (Å²) in [6.45, 7) is 12.3. The number of aldehydes is 2. The lowest BCUT2D eigenvalue weighted by atomic mass is 9.99. The van der Waals surface area contributed by atoms with E-state index in [0.29, 0.717) is 13.1 Å². The number of likely N-dealkylation sites (N-methyl/N-ethyl adjacent to an activating group) is 2. The molecule has 6 atom stereocenters. The minimum atomic E-state index is -1.09. The maximum absolute atomic E-state index is 11.6. The second-order valence-electron chi connectivity index (χ2n) is 14.7. The Labute approximate surface area is 316 Å². The number of nitrogens with zero attached hydrogens (tertiary/aromatic N) is 4. The van der Waals surface area contributed by atoms with Crippen LogP contribution in [-0.2, 0) is 9.59 Å². The number of rotatable bonds is 19. The van der Waals surface area contributed by atoms with Crippen molar-refractivity contribution in [2.45, 2.75) is 65.7 Å². The number of carbonyl (C=O) groups excluding carboxylic acids is 2. The second-order valence-corrected chi connectivity index (χ2v) is 14.7. The first-order valence-electron chi connectivity index (χ1n) is 18.3. The van der Waals surface area contributed by atoms with Gasteiger partial charge in [0.25, 0.3) is 0 Å². The molecule has 2 aromatic carbocycles. The number of hydrogen-bond donors (Lipinski definition) is 6. The lowest BCUT2D eigenvalue weighted by molar-refractivity contribution is -0.112. The summed E-state index contributed by atoms with van der Waals surface area (Å²) in [7, 11) is 2.95. The number of benzene rings is 2. The molecule has 14 heteroatoms. The Morgan fingerprint density at radius 1 is 0.630 bits per heavy atom. The number of H-pyrrole nitrogens is 2. The van der Waals surface area contributed by atoms with Crippen LogP contribution in [0.2, 0.25) is 0 Å². The van der Waals surface area contributed by atoms with E-state index in [2.05, 4.69) is 82.5 Å². The zero-order valence-corrected chi connectivity index (χ0v) is 32.3. The molecule has 2 aromatic heterocycles. The monoisotopic (exact) mass is 742 g/mol. The molecule has 0 saturated carbocycles. The van der Waals surface area contributed by atoms with E-state index >= 15 is 0 Å². The number of carboxylic acid groups (broad SMARTS) is 2. The Morgan fingerprint density at radius 3 is 1.22 bits per heavy atom. The van der Waals surface area contributed by atoms with E-state index in [9.17, 15) is 29.4 Å². The number of imidazole rings is 2. The van der Waals surface area contributed by atoms with Gasteiger partial charge in [-0.25, -0.2) is 19.6 Å². The summed E-state index contributed by atoms with van der Waals surface area (Å²) in [5, 5.41) is 25.9. The first-order valence-corrected chi connectivity index (χ1v) is 18.3. The van der Waals surface area contributed by atoms with E-state index in [0.717, 1.165) is 57.9 Å². The maximum atomic E-state index is 11.6. The van der Waals surface area contributed by atoms with Crippen LogP contribution < -0.4 is 10.6 Å². The average Bonchev–Trinajstić information content (AvgIpc) is 3.85. The van der Waals surface area contributed by atoms with Gasteiger partial charge in [-0.2, -0.15) is 0 Å². The molecule has 14 nitrogen and oxygen atoms in total. The molecule has 54 heavy (non-hydrogen) atoms. The van der Waals surface area contributed by atoms with Gasteiger partial charge in [-0.15, -0.1) is 0 Å². The van der Waals surface area contributed by atoms with Crippen LogP contribution >= 0.6 is 0 Å². The first-order chi connectivity index (χ1) is 25.7. The van der Waals surface area contributed by atoms with E-state index in [1.807, 2.05) is 24.3 Å². The van der Waals surface area contributed by atoms with E-state index in [1.165, 1.54) is 23.9 Å². The zero-order chi connectivity index (χ0) is 39.7. The summed E-state index contributed by atoms with van der Waals surface area (Å²) in [6, 6.07) is 15.0. The Morgan fingerprint density at radius 2 is 0.944 bits per heavy atom. The molecule has 2 amide bonds. The Hall–Kier alpha value is -5.34.